The van der Waals surface area contributed by atoms with Gasteiger partial charge in [-0.3, -0.25) is 14.5 Å². The molecule has 2 N–H and O–H groups in total. The number of amides is 1. The number of carboxylic acid groups (broad SMARTS) is 1. The number of carboxylic acids is 1. The SMILES string of the molecule is O=C(CN1CCCCC1C(=O)O)NCCOc1cccc(C(F)(F)F)c1. The minimum absolute atomic E-state index is 0.00933. The highest BCUT2D eigenvalue weighted by atomic mass is 19.4. The predicted octanol–water partition coefficient (Wildman–Crippen LogP) is 2.14. The number of benzene rings is 1. The number of alkyl halides is 3. The molecule has 1 atom stereocenters. The van der Waals surface area contributed by atoms with Crippen molar-refractivity contribution in [3.05, 3.63) is 29.8 Å². The minimum Gasteiger partial charge on any atom is -0.492 e. The molecule has 1 saturated heterocycles. The Morgan fingerprint density at radius 3 is 2.77 bits per heavy atom. The van der Waals surface area contributed by atoms with E-state index in [4.69, 9.17) is 9.84 Å². The number of halogens is 3. The van der Waals surface area contributed by atoms with E-state index in [1.54, 1.807) is 4.90 Å². The fraction of sp³-hybridized carbons (Fsp3) is 0.529. The van der Waals surface area contributed by atoms with Crippen LogP contribution in [-0.2, 0) is 15.8 Å². The maximum atomic E-state index is 12.6. The zero-order valence-corrected chi connectivity index (χ0v) is 14.1. The first kappa shape index (κ1) is 20.0. The highest BCUT2D eigenvalue weighted by molar-refractivity contribution is 5.80. The molecule has 1 aromatic rings. The van der Waals surface area contributed by atoms with Gasteiger partial charge in [-0.15, -0.1) is 0 Å². The Bertz CT molecular complexity index is 637. The van der Waals surface area contributed by atoms with Crippen molar-refractivity contribution < 1.29 is 32.6 Å². The number of nitrogens with zero attached hydrogens (tertiary/aromatic N) is 1. The van der Waals surface area contributed by atoms with Gasteiger partial charge in [0.25, 0.3) is 0 Å². The van der Waals surface area contributed by atoms with E-state index in [0.717, 1.165) is 25.0 Å². The van der Waals surface area contributed by atoms with Gasteiger partial charge in [0.05, 0.1) is 18.7 Å². The van der Waals surface area contributed by atoms with Crippen LogP contribution in [-0.4, -0.2) is 54.2 Å². The molecule has 1 unspecified atom stereocenters. The molecule has 1 aromatic carbocycles. The van der Waals surface area contributed by atoms with Gasteiger partial charge in [0.1, 0.15) is 18.4 Å². The van der Waals surface area contributed by atoms with Crippen molar-refractivity contribution in [2.75, 3.05) is 26.2 Å². The molecule has 6 nitrogen and oxygen atoms in total. The van der Waals surface area contributed by atoms with Gasteiger partial charge in [0.2, 0.25) is 5.91 Å². The molecule has 0 aliphatic carbocycles. The van der Waals surface area contributed by atoms with Crippen molar-refractivity contribution in [2.45, 2.75) is 31.5 Å². The first-order valence-electron chi connectivity index (χ1n) is 8.31. The van der Waals surface area contributed by atoms with Gasteiger partial charge < -0.3 is 15.2 Å². The molecule has 1 amide bonds. The summed E-state index contributed by atoms with van der Waals surface area (Å²) in [5.41, 5.74) is -0.802. The molecule has 144 valence electrons. The molecule has 0 saturated carbocycles. The van der Waals surface area contributed by atoms with Crippen molar-refractivity contribution in [3.8, 4) is 5.75 Å². The Hall–Kier alpha value is -2.29. The Morgan fingerprint density at radius 1 is 1.31 bits per heavy atom. The number of aliphatic carboxylic acids is 1. The van der Waals surface area contributed by atoms with Crippen LogP contribution in [0.1, 0.15) is 24.8 Å². The molecule has 0 spiro atoms. The average molecular weight is 374 g/mol. The van der Waals surface area contributed by atoms with Crippen LogP contribution < -0.4 is 10.1 Å². The van der Waals surface area contributed by atoms with Crippen LogP contribution in [0.5, 0.6) is 5.75 Å². The maximum Gasteiger partial charge on any atom is 0.416 e. The number of carbonyl (C=O) groups is 2. The van der Waals surface area contributed by atoms with Gasteiger partial charge in [0.15, 0.2) is 0 Å². The highest BCUT2D eigenvalue weighted by Crippen LogP contribution is 2.31. The smallest absolute Gasteiger partial charge is 0.416 e. The third-order valence-electron chi connectivity index (χ3n) is 4.10. The lowest BCUT2D eigenvalue weighted by Gasteiger charge is -2.32. The van der Waals surface area contributed by atoms with E-state index in [1.165, 1.54) is 12.1 Å². The standard InChI is InChI=1S/C17H21F3N2O4/c18-17(19,20)12-4-3-5-13(10-12)26-9-7-21-15(23)11-22-8-2-1-6-14(22)16(24)25/h3-5,10,14H,1-2,6-9,11H2,(H,21,23)(H,24,25). The summed E-state index contributed by atoms with van der Waals surface area (Å²) in [5.74, 6) is -1.22. The highest BCUT2D eigenvalue weighted by Gasteiger charge is 2.31. The van der Waals surface area contributed by atoms with Gasteiger partial charge in [-0.25, -0.2) is 0 Å². The summed E-state index contributed by atoms with van der Waals surface area (Å²) < 4.78 is 43.1. The molecule has 0 bridgehead atoms. The summed E-state index contributed by atoms with van der Waals surface area (Å²) in [6.07, 6.45) is -2.26. The summed E-state index contributed by atoms with van der Waals surface area (Å²) in [5, 5.41) is 11.8. The van der Waals surface area contributed by atoms with Crippen LogP contribution in [0.4, 0.5) is 13.2 Å². The van der Waals surface area contributed by atoms with Crippen molar-refractivity contribution in [3.63, 3.8) is 0 Å². The zero-order valence-electron chi connectivity index (χ0n) is 14.1. The third kappa shape index (κ3) is 5.91. The lowest BCUT2D eigenvalue weighted by atomic mass is 10.0. The number of likely N-dealkylation sites (tertiary alicyclic amines) is 1. The van der Waals surface area contributed by atoms with E-state index in [-0.39, 0.29) is 31.4 Å². The van der Waals surface area contributed by atoms with Gasteiger partial charge in [-0.2, -0.15) is 13.2 Å². The van der Waals surface area contributed by atoms with E-state index in [1.807, 2.05) is 0 Å². The van der Waals surface area contributed by atoms with Crippen LogP contribution in [0.25, 0.3) is 0 Å². The van der Waals surface area contributed by atoms with Crippen LogP contribution in [0.3, 0.4) is 0 Å². The Balaban J connectivity index is 1.74. The second-order valence-electron chi connectivity index (χ2n) is 6.04. The molecule has 1 heterocycles. The molecule has 1 aliphatic rings. The largest absolute Gasteiger partial charge is 0.492 e. The molecule has 1 aliphatic heterocycles. The van der Waals surface area contributed by atoms with Crippen LogP contribution in [0.15, 0.2) is 24.3 Å². The molecule has 2 rings (SSSR count). The Morgan fingerprint density at radius 2 is 2.08 bits per heavy atom. The number of hydrogen-bond acceptors (Lipinski definition) is 4. The third-order valence-corrected chi connectivity index (χ3v) is 4.10. The van der Waals surface area contributed by atoms with Crippen molar-refractivity contribution >= 4 is 11.9 Å². The average Bonchev–Trinajstić information content (AvgIpc) is 2.58. The van der Waals surface area contributed by atoms with Crippen LogP contribution in [0.2, 0.25) is 0 Å². The van der Waals surface area contributed by atoms with Gasteiger partial charge in [-0.1, -0.05) is 12.5 Å². The first-order valence-corrected chi connectivity index (χ1v) is 8.31. The molecule has 0 radical (unpaired) electrons. The summed E-state index contributed by atoms with van der Waals surface area (Å²) in [4.78, 5) is 24.7. The molecule has 0 aromatic heterocycles. The quantitative estimate of drug-likeness (QED) is 0.715. The Labute approximate surface area is 148 Å². The van der Waals surface area contributed by atoms with Gasteiger partial charge in [-0.05, 0) is 37.6 Å². The van der Waals surface area contributed by atoms with Gasteiger partial charge >= 0.3 is 12.1 Å². The number of carbonyl (C=O) groups excluding carboxylic acids is 1. The predicted molar refractivity (Wildman–Crippen MR) is 86.8 cm³/mol. The fourth-order valence-corrected chi connectivity index (χ4v) is 2.82. The van der Waals surface area contributed by atoms with Crippen LogP contribution in [0, 0.1) is 0 Å². The summed E-state index contributed by atoms with van der Waals surface area (Å²) in [6.45, 7) is 0.641. The second kappa shape index (κ2) is 8.88. The maximum absolute atomic E-state index is 12.6. The number of rotatable bonds is 7. The van der Waals surface area contributed by atoms with Gasteiger partial charge in [0, 0.05) is 0 Å². The van der Waals surface area contributed by atoms with E-state index < -0.39 is 23.8 Å². The lowest BCUT2D eigenvalue weighted by molar-refractivity contribution is -0.145. The lowest BCUT2D eigenvalue weighted by Crippen LogP contribution is -2.49. The number of nitrogens with one attached hydrogen (secondary N) is 1. The van der Waals surface area contributed by atoms with Crippen molar-refractivity contribution in [1.82, 2.24) is 10.2 Å². The molecule has 9 heteroatoms. The van der Waals surface area contributed by atoms with E-state index in [9.17, 15) is 22.8 Å². The van der Waals surface area contributed by atoms with E-state index in [2.05, 4.69) is 5.32 Å². The summed E-state index contributed by atoms with van der Waals surface area (Å²) in [7, 11) is 0. The van der Waals surface area contributed by atoms with E-state index >= 15 is 0 Å². The molecular formula is C17H21F3N2O4. The second-order valence-corrected chi connectivity index (χ2v) is 6.04. The topological polar surface area (TPSA) is 78.9 Å². The van der Waals surface area contributed by atoms with Crippen molar-refractivity contribution in [1.29, 1.82) is 0 Å². The molecule has 26 heavy (non-hydrogen) atoms. The summed E-state index contributed by atoms with van der Waals surface area (Å²) in [6, 6.07) is 3.84. The first-order chi connectivity index (χ1) is 12.3. The fourth-order valence-electron chi connectivity index (χ4n) is 2.82. The monoisotopic (exact) mass is 374 g/mol. The summed E-state index contributed by atoms with van der Waals surface area (Å²) >= 11 is 0. The van der Waals surface area contributed by atoms with E-state index in [0.29, 0.717) is 13.0 Å². The normalized spacial score (nSPS) is 18.3. The number of ether oxygens (including phenoxy) is 1. The van der Waals surface area contributed by atoms with Crippen molar-refractivity contribution in [2.24, 2.45) is 0 Å². The minimum atomic E-state index is -4.44. The number of hydrogen-bond donors (Lipinski definition) is 2. The van der Waals surface area contributed by atoms with Crippen LogP contribution >= 0.6 is 0 Å². The molecule has 1 fully saturated rings. The molecular weight excluding hydrogens is 353 g/mol. The zero-order chi connectivity index (χ0) is 19.2. The Kier molecular flexibility index (Phi) is 6.84. The number of piperidine rings is 1.